The highest BCUT2D eigenvalue weighted by Crippen LogP contribution is 2.32. The minimum absolute atomic E-state index is 0.254. The van der Waals surface area contributed by atoms with Gasteiger partial charge >= 0.3 is 0 Å². The molecule has 0 aliphatic heterocycles. The van der Waals surface area contributed by atoms with Crippen molar-refractivity contribution in [3.05, 3.63) is 52.8 Å². The van der Waals surface area contributed by atoms with E-state index in [2.05, 4.69) is 5.32 Å². The van der Waals surface area contributed by atoms with Gasteiger partial charge in [0.15, 0.2) is 0 Å². The lowest BCUT2D eigenvalue weighted by molar-refractivity contribution is 0.415. The van der Waals surface area contributed by atoms with E-state index in [4.69, 9.17) is 22.1 Å². The topological polar surface area (TPSA) is 47.3 Å². The highest BCUT2D eigenvalue weighted by atomic mass is 35.5. The molecule has 3 nitrogen and oxygen atoms in total. The fourth-order valence-electron chi connectivity index (χ4n) is 1.68. The summed E-state index contributed by atoms with van der Waals surface area (Å²) in [5, 5.41) is 3.64. The number of halogens is 2. The van der Waals surface area contributed by atoms with Crippen molar-refractivity contribution in [2.24, 2.45) is 0 Å². The van der Waals surface area contributed by atoms with Crippen LogP contribution in [0.2, 0.25) is 5.02 Å². The second-order valence-electron chi connectivity index (χ2n) is 4.05. The van der Waals surface area contributed by atoms with Crippen molar-refractivity contribution in [1.29, 1.82) is 0 Å². The number of methoxy groups -OCH3 is 1. The van der Waals surface area contributed by atoms with Crippen LogP contribution in [0.5, 0.6) is 5.75 Å². The van der Waals surface area contributed by atoms with Crippen molar-refractivity contribution in [1.82, 2.24) is 0 Å². The SMILES string of the molecule is COc1cc(N)c(NCc2ccc(F)cc2)cc1Cl. The summed E-state index contributed by atoms with van der Waals surface area (Å²) >= 11 is 6.03. The molecule has 2 aromatic rings. The van der Waals surface area contributed by atoms with Crippen LogP contribution in [0.4, 0.5) is 15.8 Å². The molecular weight excluding hydrogens is 267 g/mol. The fourth-order valence-corrected chi connectivity index (χ4v) is 1.92. The van der Waals surface area contributed by atoms with E-state index in [0.29, 0.717) is 23.0 Å². The van der Waals surface area contributed by atoms with Gasteiger partial charge in [0.1, 0.15) is 11.6 Å². The molecule has 0 fully saturated rings. The zero-order valence-electron chi connectivity index (χ0n) is 10.4. The smallest absolute Gasteiger partial charge is 0.139 e. The van der Waals surface area contributed by atoms with Crippen molar-refractivity contribution >= 4 is 23.0 Å². The third kappa shape index (κ3) is 3.29. The van der Waals surface area contributed by atoms with E-state index >= 15 is 0 Å². The quantitative estimate of drug-likeness (QED) is 0.840. The first-order chi connectivity index (χ1) is 9.10. The van der Waals surface area contributed by atoms with Crippen molar-refractivity contribution in [3.63, 3.8) is 0 Å². The van der Waals surface area contributed by atoms with Crippen LogP contribution in [-0.2, 0) is 6.54 Å². The van der Waals surface area contributed by atoms with Crippen LogP contribution < -0.4 is 15.8 Å². The highest BCUT2D eigenvalue weighted by molar-refractivity contribution is 6.32. The Morgan fingerprint density at radius 1 is 1.26 bits per heavy atom. The van der Waals surface area contributed by atoms with Gasteiger partial charge in [0.25, 0.3) is 0 Å². The lowest BCUT2D eigenvalue weighted by Crippen LogP contribution is -2.03. The van der Waals surface area contributed by atoms with Gasteiger partial charge in [-0.05, 0) is 23.8 Å². The molecule has 0 aromatic heterocycles. The van der Waals surface area contributed by atoms with Gasteiger partial charge in [-0.15, -0.1) is 0 Å². The van der Waals surface area contributed by atoms with E-state index in [-0.39, 0.29) is 5.82 Å². The molecule has 2 aromatic carbocycles. The van der Waals surface area contributed by atoms with Crippen molar-refractivity contribution < 1.29 is 9.13 Å². The summed E-state index contributed by atoms with van der Waals surface area (Å²) in [4.78, 5) is 0. The molecule has 0 aliphatic carbocycles. The second kappa shape index (κ2) is 5.80. The Balaban J connectivity index is 2.11. The fraction of sp³-hybridized carbons (Fsp3) is 0.143. The molecule has 3 N–H and O–H groups in total. The molecule has 0 radical (unpaired) electrons. The van der Waals surface area contributed by atoms with Crippen LogP contribution in [-0.4, -0.2) is 7.11 Å². The Hall–Kier alpha value is -1.94. The van der Waals surface area contributed by atoms with E-state index < -0.39 is 0 Å². The molecule has 2 rings (SSSR count). The molecule has 0 spiro atoms. The minimum atomic E-state index is -0.254. The molecule has 0 amide bonds. The molecule has 0 saturated heterocycles. The van der Waals surface area contributed by atoms with Gasteiger partial charge in [-0.3, -0.25) is 0 Å². The Labute approximate surface area is 116 Å². The maximum absolute atomic E-state index is 12.8. The Morgan fingerprint density at radius 3 is 2.58 bits per heavy atom. The average Bonchev–Trinajstić information content (AvgIpc) is 2.41. The number of nitrogens with two attached hydrogens (primary N) is 1. The Kier molecular flexibility index (Phi) is 4.12. The monoisotopic (exact) mass is 280 g/mol. The molecule has 0 bridgehead atoms. The maximum atomic E-state index is 12.8. The predicted octanol–water partition coefficient (Wildman–Crippen LogP) is 3.68. The first kappa shape index (κ1) is 13.5. The summed E-state index contributed by atoms with van der Waals surface area (Å²) in [6.45, 7) is 0.535. The molecule has 0 unspecified atom stereocenters. The van der Waals surface area contributed by atoms with E-state index in [1.54, 1.807) is 24.3 Å². The number of anilines is 2. The molecule has 0 aliphatic rings. The van der Waals surface area contributed by atoms with Gasteiger partial charge in [-0.25, -0.2) is 4.39 Å². The molecule has 19 heavy (non-hydrogen) atoms. The summed E-state index contributed by atoms with van der Waals surface area (Å²) in [5.41, 5.74) is 8.11. The normalized spacial score (nSPS) is 10.3. The summed E-state index contributed by atoms with van der Waals surface area (Å²) in [6, 6.07) is 9.63. The van der Waals surface area contributed by atoms with Gasteiger partial charge in [-0.2, -0.15) is 0 Å². The standard InChI is InChI=1S/C14H14ClFN2O/c1-19-14-7-12(17)13(6-11(14)15)18-8-9-2-4-10(16)5-3-9/h2-7,18H,8,17H2,1H3. The average molecular weight is 281 g/mol. The zero-order valence-corrected chi connectivity index (χ0v) is 11.2. The number of hydrogen-bond donors (Lipinski definition) is 2. The number of rotatable bonds is 4. The lowest BCUT2D eigenvalue weighted by Gasteiger charge is -2.12. The maximum Gasteiger partial charge on any atom is 0.139 e. The van der Waals surface area contributed by atoms with Crippen LogP contribution in [0.25, 0.3) is 0 Å². The van der Waals surface area contributed by atoms with E-state index in [1.165, 1.54) is 19.2 Å². The van der Waals surface area contributed by atoms with Crippen LogP contribution in [0.15, 0.2) is 36.4 Å². The van der Waals surface area contributed by atoms with Crippen LogP contribution in [0.3, 0.4) is 0 Å². The van der Waals surface area contributed by atoms with Crippen molar-refractivity contribution in [2.75, 3.05) is 18.2 Å². The first-order valence-corrected chi connectivity index (χ1v) is 6.09. The number of nitrogen functional groups attached to an aromatic ring is 1. The number of ether oxygens (including phenoxy) is 1. The lowest BCUT2D eigenvalue weighted by atomic mass is 10.2. The van der Waals surface area contributed by atoms with E-state index in [0.717, 1.165) is 11.3 Å². The molecule has 0 saturated carbocycles. The van der Waals surface area contributed by atoms with Crippen molar-refractivity contribution in [3.8, 4) is 5.75 Å². The Morgan fingerprint density at radius 2 is 1.95 bits per heavy atom. The summed E-state index contributed by atoms with van der Waals surface area (Å²) < 4.78 is 17.9. The van der Waals surface area contributed by atoms with Gasteiger partial charge in [0.05, 0.1) is 23.5 Å². The Bertz CT molecular complexity index is 572. The van der Waals surface area contributed by atoms with Crippen LogP contribution in [0, 0.1) is 5.82 Å². The van der Waals surface area contributed by atoms with Gasteiger partial charge < -0.3 is 15.8 Å². The second-order valence-corrected chi connectivity index (χ2v) is 4.46. The summed E-state index contributed by atoms with van der Waals surface area (Å²) in [6.07, 6.45) is 0. The summed E-state index contributed by atoms with van der Waals surface area (Å²) in [5.74, 6) is 0.280. The predicted molar refractivity (Wildman–Crippen MR) is 76.1 cm³/mol. The van der Waals surface area contributed by atoms with Gasteiger partial charge in [0, 0.05) is 12.6 Å². The highest BCUT2D eigenvalue weighted by Gasteiger charge is 2.06. The third-order valence-electron chi connectivity index (χ3n) is 2.72. The number of benzene rings is 2. The van der Waals surface area contributed by atoms with Crippen LogP contribution in [0.1, 0.15) is 5.56 Å². The zero-order chi connectivity index (χ0) is 13.8. The largest absolute Gasteiger partial charge is 0.495 e. The van der Waals surface area contributed by atoms with Gasteiger partial charge in [0.2, 0.25) is 0 Å². The van der Waals surface area contributed by atoms with Crippen molar-refractivity contribution in [2.45, 2.75) is 6.54 Å². The van der Waals surface area contributed by atoms with Crippen LogP contribution >= 0.6 is 11.6 Å². The van der Waals surface area contributed by atoms with E-state index in [9.17, 15) is 4.39 Å². The molecule has 0 atom stereocenters. The van der Waals surface area contributed by atoms with E-state index in [1.807, 2.05) is 0 Å². The molecule has 0 heterocycles. The molecule has 5 heteroatoms. The first-order valence-electron chi connectivity index (χ1n) is 5.71. The number of nitrogens with one attached hydrogen (secondary N) is 1. The number of hydrogen-bond acceptors (Lipinski definition) is 3. The minimum Gasteiger partial charge on any atom is -0.495 e. The molecule has 100 valence electrons. The molecular formula is C14H14ClFN2O. The third-order valence-corrected chi connectivity index (χ3v) is 3.02. The van der Waals surface area contributed by atoms with Gasteiger partial charge in [-0.1, -0.05) is 23.7 Å². The summed E-state index contributed by atoms with van der Waals surface area (Å²) in [7, 11) is 1.53.